The number of aryl methyl sites for hydroxylation is 1. The molecule has 3 unspecified atom stereocenters. The minimum absolute atomic E-state index is 0.290. The highest BCUT2D eigenvalue weighted by Gasteiger charge is 2.42. The average molecular weight is 386 g/mol. The molecule has 0 bridgehead atoms. The summed E-state index contributed by atoms with van der Waals surface area (Å²) in [6.07, 6.45) is 4.85. The molecule has 0 saturated heterocycles. The summed E-state index contributed by atoms with van der Waals surface area (Å²) >= 11 is 6.02. The maximum Gasteiger partial charge on any atom is 0.0728 e. The zero-order valence-corrected chi connectivity index (χ0v) is 17.5. The molecule has 1 saturated carbocycles. The van der Waals surface area contributed by atoms with Gasteiger partial charge in [-0.25, -0.2) is 0 Å². The number of benzene rings is 2. The van der Waals surface area contributed by atoms with Crippen molar-refractivity contribution in [3.63, 3.8) is 0 Å². The lowest BCUT2D eigenvalue weighted by Gasteiger charge is -2.44. The highest BCUT2D eigenvalue weighted by Crippen LogP contribution is 2.41. The normalized spacial score (nSPS) is 25.7. The van der Waals surface area contributed by atoms with Gasteiger partial charge >= 0.3 is 0 Å². The van der Waals surface area contributed by atoms with Crippen LogP contribution in [0.15, 0.2) is 48.5 Å². The van der Waals surface area contributed by atoms with Crippen LogP contribution in [0.5, 0.6) is 0 Å². The van der Waals surface area contributed by atoms with Crippen LogP contribution in [0.4, 0.5) is 0 Å². The van der Waals surface area contributed by atoms with Gasteiger partial charge in [0, 0.05) is 23.9 Å². The molecule has 2 aromatic rings. The van der Waals surface area contributed by atoms with Gasteiger partial charge in [-0.05, 0) is 81.4 Å². The monoisotopic (exact) mass is 385 g/mol. The minimum atomic E-state index is -0.618. The standard InChI is InChI=1S/C24H32ClNO/c1-18-6-4-5-7-21(18)16-24(27)13-12-20(15-22(24)17-26(2)3)14-19-8-10-23(25)11-9-19/h4-11,20,22,27H,12-17H2,1-3H3. The predicted octanol–water partition coefficient (Wildman–Crippen LogP) is 5.14. The molecule has 146 valence electrons. The second kappa shape index (κ2) is 8.77. The van der Waals surface area contributed by atoms with E-state index >= 15 is 0 Å². The largest absolute Gasteiger partial charge is 0.389 e. The first-order valence-corrected chi connectivity index (χ1v) is 10.4. The molecule has 3 heteroatoms. The fraction of sp³-hybridized carbons (Fsp3) is 0.500. The first-order chi connectivity index (χ1) is 12.9. The minimum Gasteiger partial charge on any atom is -0.389 e. The van der Waals surface area contributed by atoms with Gasteiger partial charge in [0.15, 0.2) is 0 Å². The third kappa shape index (κ3) is 5.34. The Hall–Kier alpha value is -1.35. The van der Waals surface area contributed by atoms with Gasteiger partial charge in [-0.15, -0.1) is 0 Å². The molecule has 3 rings (SSSR count). The van der Waals surface area contributed by atoms with E-state index in [1.807, 2.05) is 12.1 Å². The second-order valence-corrected chi connectivity index (χ2v) is 9.07. The molecule has 0 amide bonds. The summed E-state index contributed by atoms with van der Waals surface area (Å²) < 4.78 is 0. The quantitative estimate of drug-likeness (QED) is 0.743. The van der Waals surface area contributed by atoms with Crippen LogP contribution in [-0.2, 0) is 12.8 Å². The van der Waals surface area contributed by atoms with Gasteiger partial charge in [-0.3, -0.25) is 0 Å². The molecule has 1 fully saturated rings. The topological polar surface area (TPSA) is 23.5 Å². The molecule has 2 aromatic carbocycles. The Balaban J connectivity index is 1.74. The summed E-state index contributed by atoms with van der Waals surface area (Å²) in [5.41, 5.74) is 3.28. The molecule has 2 nitrogen and oxygen atoms in total. The summed E-state index contributed by atoms with van der Waals surface area (Å²) in [6.45, 7) is 3.07. The lowest BCUT2D eigenvalue weighted by Crippen LogP contribution is -2.49. The van der Waals surface area contributed by atoms with Crippen LogP contribution in [0.3, 0.4) is 0 Å². The maximum atomic E-state index is 11.6. The van der Waals surface area contributed by atoms with Crippen LogP contribution < -0.4 is 0 Å². The highest BCUT2D eigenvalue weighted by molar-refractivity contribution is 6.30. The van der Waals surface area contributed by atoms with Gasteiger partial charge in [0.1, 0.15) is 0 Å². The van der Waals surface area contributed by atoms with Crippen molar-refractivity contribution in [2.45, 2.75) is 44.6 Å². The summed E-state index contributed by atoms with van der Waals surface area (Å²) in [5, 5.41) is 12.4. The number of nitrogens with zero attached hydrogens (tertiary/aromatic N) is 1. The van der Waals surface area contributed by atoms with E-state index in [9.17, 15) is 5.11 Å². The van der Waals surface area contributed by atoms with Crippen LogP contribution in [0, 0.1) is 18.8 Å². The van der Waals surface area contributed by atoms with Crippen LogP contribution in [0.2, 0.25) is 5.02 Å². The van der Waals surface area contributed by atoms with Crippen molar-refractivity contribution in [1.29, 1.82) is 0 Å². The molecule has 0 radical (unpaired) electrons. The Morgan fingerprint density at radius 2 is 1.81 bits per heavy atom. The van der Waals surface area contributed by atoms with E-state index in [2.05, 4.69) is 62.3 Å². The van der Waals surface area contributed by atoms with Crippen molar-refractivity contribution in [3.8, 4) is 0 Å². The fourth-order valence-electron chi connectivity index (χ4n) is 4.59. The van der Waals surface area contributed by atoms with Gasteiger partial charge in [-0.2, -0.15) is 0 Å². The Labute approximate surface area is 169 Å². The third-order valence-corrected chi connectivity index (χ3v) is 6.40. The SMILES string of the molecule is Cc1ccccc1CC1(O)CCC(Cc2ccc(Cl)cc2)CC1CN(C)C. The molecule has 0 aliphatic heterocycles. The smallest absolute Gasteiger partial charge is 0.0728 e. The Bertz CT molecular complexity index is 742. The Morgan fingerprint density at radius 1 is 1.11 bits per heavy atom. The van der Waals surface area contributed by atoms with Gasteiger partial charge in [0.05, 0.1) is 5.60 Å². The highest BCUT2D eigenvalue weighted by atomic mass is 35.5. The fourth-order valence-corrected chi connectivity index (χ4v) is 4.72. The number of halogens is 1. The Morgan fingerprint density at radius 3 is 2.48 bits per heavy atom. The summed E-state index contributed by atoms with van der Waals surface area (Å²) in [6, 6.07) is 16.7. The lowest BCUT2D eigenvalue weighted by atomic mass is 9.67. The van der Waals surface area contributed by atoms with E-state index in [0.717, 1.165) is 43.7 Å². The summed E-state index contributed by atoms with van der Waals surface area (Å²) in [4.78, 5) is 2.22. The van der Waals surface area contributed by atoms with E-state index in [1.165, 1.54) is 16.7 Å². The summed E-state index contributed by atoms with van der Waals surface area (Å²) in [7, 11) is 4.22. The maximum absolute atomic E-state index is 11.6. The van der Waals surface area contributed by atoms with E-state index in [4.69, 9.17) is 11.6 Å². The zero-order chi connectivity index (χ0) is 19.4. The van der Waals surface area contributed by atoms with E-state index in [1.54, 1.807) is 0 Å². The molecule has 0 aromatic heterocycles. The van der Waals surface area contributed by atoms with Crippen molar-refractivity contribution >= 4 is 11.6 Å². The molecular weight excluding hydrogens is 354 g/mol. The number of aliphatic hydroxyl groups is 1. The lowest BCUT2D eigenvalue weighted by molar-refractivity contribution is -0.0686. The molecule has 1 N–H and O–H groups in total. The predicted molar refractivity (Wildman–Crippen MR) is 114 cm³/mol. The van der Waals surface area contributed by atoms with Gasteiger partial charge in [-0.1, -0.05) is 48.0 Å². The molecular formula is C24H32ClNO. The second-order valence-electron chi connectivity index (χ2n) is 8.64. The van der Waals surface area contributed by atoms with Gasteiger partial charge < -0.3 is 10.0 Å². The zero-order valence-electron chi connectivity index (χ0n) is 16.8. The van der Waals surface area contributed by atoms with Crippen molar-refractivity contribution in [2.75, 3.05) is 20.6 Å². The summed E-state index contributed by atoms with van der Waals surface area (Å²) in [5.74, 6) is 0.909. The van der Waals surface area contributed by atoms with Crippen LogP contribution in [0.1, 0.15) is 36.0 Å². The van der Waals surface area contributed by atoms with Gasteiger partial charge in [0.2, 0.25) is 0 Å². The molecule has 27 heavy (non-hydrogen) atoms. The average Bonchev–Trinajstić information content (AvgIpc) is 2.62. The first-order valence-electron chi connectivity index (χ1n) is 10.0. The molecule has 0 heterocycles. The van der Waals surface area contributed by atoms with Gasteiger partial charge in [0.25, 0.3) is 0 Å². The Kier molecular flexibility index (Phi) is 6.62. The molecule has 1 aliphatic carbocycles. The van der Waals surface area contributed by atoms with Crippen molar-refractivity contribution in [2.24, 2.45) is 11.8 Å². The van der Waals surface area contributed by atoms with Crippen molar-refractivity contribution < 1.29 is 5.11 Å². The van der Waals surface area contributed by atoms with Crippen molar-refractivity contribution in [1.82, 2.24) is 4.90 Å². The van der Waals surface area contributed by atoms with Crippen LogP contribution in [0.25, 0.3) is 0 Å². The van der Waals surface area contributed by atoms with E-state index in [0.29, 0.717) is 5.92 Å². The number of hydrogen-bond acceptors (Lipinski definition) is 2. The number of hydrogen-bond donors (Lipinski definition) is 1. The molecule has 3 atom stereocenters. The third-order valence-electron chi connectivity index (χ3n) is 6.14. The van der Waals surface area contributed by atoms with Crippen LogP contribution in [-0.4, -0.2) is 36.2 Å². The van der Waals surface area contributed by atoms with Crippen molar-refractivity contribution in [3.05, 3.63) is 70.2 Å². The molecule has 0 spiro atoms. The first kappa shape index (κ1) is 20.4. The van der Waals surface area contributed by atoms with E-state index in [-0.39, 0.29) is 5.92 Å². The molecule has 1 aliphatic rings. The van der Waals surface area contributed by atoms with Crippen LogP contribution >= 0.6 is 11.6 Å². The van der Waals surface area contributed by atoms with E-state index < -0.39 is 5.60 Å². The number of rotatable bonds is 6.